The Bertz CT molecular complexity index is 1450. The summed E-state index contributed by atoms with van der Waals surface area (Å²) in [5.74, 6) is -1.08. The molecule has 0 aliphatic heterocycles. The first-order chi connectivity index (χ1) is 16.5. The number of rotatable bonds is 6. The summed E-state index contributed by atoms with van der Waals surface area (Å²) in [5, 5.41) is 14.3. The average Bonchev–Trinajstić information content (AvgIpc) is 2.87. The van der Waals surface area contributed by atoms with Crippen LogP contribution in [0, 0.1) is 0 Å². The number of hydrazone groups is 1. The van der Waals surface area contributed by atoms with Crippen LogP contribution >= 0.6 is 15.9 Å². The monoisotopic (exact) mass is 517 g/mol. The van der Waals surface area contributed by atoms with E-state index in [4.69, 9.17) is 0 Å². The van der Waals surface area contributed by atoms with Crippen molar-refractivity contribution >= 4 is 44.2 Å². The van der Waals surface area contributed by atoms with Gasteiger partial charge in [0.15, 0.2) is 6.04 Å². The summed E-state index contributed by atoms with van der Waals surface area (Å²) in [6.45, 7) is 1.76. The third-order valence-electron chi connectivity index (χ3n) is 5.17. The lowest BCUT2D eigenvalue weighted by molar-refractivity contribution is -0.123. The number of carbonyl (C=O) groups excluding carboxylic acids is 2. The second-order valence-electron chi connectivity index (χ2n) is 7.41. The fourth-order valence-electron chi connectivity index (χ4n) is 3.44. The van der Waals surface area contributed by atoms with Crippen LogP contribution in [0.15, 0.2) is 93.2 Å². The topological polar surface area (TPSA) is 116 Å². The third-order valence-corrected chi connectivity index (χ3v) is 5.86. The number of fused-ring (bicyclic) bond motifs is 1. The maximum atomic E-state index is 13.3. The Hall–Kier alpha value is -4.11. The van der Waals surface area contributed by atoms with Crippen LogP contribution < -0.4 is 16.3 Å². The van der Waals surface area contributed by atoms with Gasteiger partial charge < -0.3 is 5.32 Å². The van der Waals surface area contributed by atoms with Crippen molar-refractivity contribution in [2.45, 2.75) is 13.0 Å². The first-order valence-electron chi connectivity index (χ1n) is 10.4. The van der Waals surface area contributed by atoms with Gasteiger partial charge in [0.2, 0.25) is 0 Å². The quantitative estimate of drug-likeness (QED) is 0.267. The number of aromatic nitrogens is 2. The van der Waals surface area contributed by atoms with Gasteiger partial charge in [-0.05, 0) is 31.2 Å². The Morgan fingerprint density at radius 1 is 0.941 bits per heavy atom. The fraction of sp³-hybridized carbons (Fsp3) is 0.0800. The molecule has 170 valence electrons. The van der Waals surface area contributed by atoms with Gasteiger partial charge in [0.1, 0.15) is 5.69 Å². The van der Waals surface area contributed by atoms with E-state index in [1.807, 2.05) is 24.3 Å². The molecule has 4 aromatic rings. The minimum atomic E-state index is -1.22. The van der Waals surface area contributed by atoms with Crippen molar-refractivity contribution in [3.8, 4) is 0 Å². The zero-order chi connectivity index (χ0) is 24.1. The minimum absolute atomic E-state index is 0.200. The predicted octanol–water partition coefficient (Wildman–Crippen LogP) is 3.70. The van der Waals surface area contributed by atoms with Gasteiger partial charge in [0.05, 0.1) is 11.1 Å². The smallest absolute Gasteiger partial charge is 0.272 e. The van der Waals surface area contributed by atoms with E-state index in [1.54, 1.807) is 61.5 Å². The molecule has 0 saturated carbocycles. The first-order valence-corrected chi connectivity index (χ1v) is 11.2. The number of hydrogen-bond acceptors (Lipinski definition) is 5. The van der Waals surface area contributed by atoms with Crippen LogP contribution in [0.3, 0.4) is 0 Å². The van der Waals surface area contributed by atoms with Gasteiger partial charge in [0.25, 0.3) is 17.4 Å². The number of amides is 2. The standard InChI is InChI=1S/C25H20BrN5O3/c1-15(17-11-7-8-14-20(17)26)28-31-25(34)22(27-23(32)16-9-3-2-4-10-16)21-18-12-5-6-13-19(18)24(33)30-29-21/h2-14,22H,1H3,(H,27,32)(H,30,33)(H,31,34)/b28-15+. The maximum absolute atomic E-state index is 13.3. The van der Waals surface area contributed by atoms with Crippen LogP contribution in [0.1, 0.15) is 34.6 Å². The molecule has 0 saturated heterocycles. The molecule has 3 aromatic carbocycles. The lowest BCUT2D eigenvalue weighted by Crippen LogP contribution is -2.40. The van der Waals surface area contributed by atoms with E-state index < -0.39 is 23.4 Å². The van der Waals surface area contributed by atoms with Gasteiger partial charge in [0, 0.05) is 21.0 Å². The summed E-state index contributed by atoms with van der Waals surface area (Å²) in [6, 6.07) is 21.5. The molecule has 0 aliphatic carbocycles. The summed E-state index contributed by atoms with van der Waals surface area (Å²) in [7, 11) is 0. The van der Waals surface area contributed by atoms with Gasteiger partial charge in [-0.15, -0.1) is 0 Å². The summed E-state index contributed by atoms with van der Waals surface area (Å²) in [6.07, 6.45) is 0. The van der Waals surface area contributed by atoms with Crippen LogP contribution in [0.5, 0.6) is 0 Å². The molecule has 1 unspecified atom stereocenters. The Balaban J connectivity index is 1.71. The van der Waals surface area contributed by atoms with Crippen LogP contribution in [-0.4, -0.2) is 27.7 Å². The Labute approximate surface area is 203 Å². The van der Waals surface area contributed by atoms with Crippen molar-refractivity contribution in [1.82, 2.24) is 20.9 Å². The van der Waals surface area contributed by atoms with E-state index in [0.29, 0.717) is 22.0 Å². The van der Waals surface area contributed by atoms with Crippen molar-refractivity contribution in [3.05, 3.63) is 111 Å². The van der Waals surface area contributed by atoms with E-state index in [0.717, 1.165) is 10.0 Å². The molecule has 0 radical (unpaired) electrons. The molecule has 9 heteroatoms. The minimum Gasteiger partial charge on any atom is -0.335 e. The number of nitrogens with zero attached hydrogens (tertiary/aromatic N) is 2. The molecule has 0 aliphatic rings. The molecular weight excluding hydrogens is 498 g/mol. The zero-order valence-electron chi connectivity index (χ0n) is 18.1. The zero-order valence-corrected chi connectivity index (χ0v) is 19.7. The highest BCUT2D eigenvalue weighted by Crippen LogP contribution is 2.21. The molecule has 34 heavy (non-hydrogen) atoms. The summed E-state index contributed by atoms with van der Waals surface area (Å²) in [4.78, 5) is 38.4. The molecule has 0 bridgehead atoms. The maximum Gasteiger partial charge on any atom is 0.272 e. The van der Waals surface area contributed by atoms with Crippen molar-refractivity contribution < 1.29 is 9.59 Å². The number of hydrogen-bond donors (Lipinski definition) is 3. The second-order valence-corrected chi connectivity index (χ2v) is 8.26. The van der Waals surface area contributed by atoms with Gasteiger partial charge in [-0.25, -0.2) is 10.5 Å². The highest BCUT2D eigenvalue weighted by Gasteiger charge is 2.27. The van der Waals surface area contributed by atoms with E-state index in [-0.39, 0.29) is 5.69 Å². The molecular formula is C25H20BrN5O3. The number of H-pyrrole nitrogens is 1. The van der Waals surface area contributed by atoms with Crippen molar-refractivity contribution in [2.75, 3.05) is 0 Å². The largest absolute Gasteiger partial charge is 0.335 e. The Morgan fingerprint density at radius 2 is 1.59 bits per heavy atom. The normalized spacial score (nSPS) is 12.2. The molecule has 0 spiro atoms. The molecule has 2 amide bonds. The van der Waals surface area contributed by atoms with Gasteiger partial charge in [-0.3, -0.25) is 14.4 Å². The molecule has 1 heterocycles. The van der Waals surface area contributed by atoms with E-state index in [9.17, 15) is 14.4 Å². The molecule has 4 rings (SSSR count). The first kappa shape index (κ1) is 23.1. The summed E-state index contributed by atoms with van der Waals surface area (Å²) < 4.78 is 0.827. The number of halogens is 1. The van der Waals surface area contributed by atoms with Crippen LogP contribution in [0.4, 0.5) is 0 Å². The highest BCUT2D eigenvalue weighted by atomic mass is 79.9. The molecule has 1 atom stereocenters. The molecule has 0 fully saturated rings. The summed E-state index contributed by atoms with van der Waals surface area (Å²) >= 11 is 3.47. The fourth-order valence-corrected chi connectivity index (χ4v) is 4.01. The number of aromatic amines is 1. The lowest BCUT2D eigenvalue weighted by Gasteiger charge is -2.18. The van der Waals surface area contributed by atoms with Crippen molar-refractivity contribution in [2.24, 2.45) is 5.10 Å². The average molecular weight is 518 g/mol. The predicted molar refractivity (Wildman–Crippen MR) is 134 cm³/mol. The second kappa shape index (κ2) is 10.2. The van der Waals surface area contributed by atoms with Gasteiger partial charge in [-0.2, -0.15) is 10.2 Å². The highest BCUT2D eigenvalue weighted by molar-refractivity contribution is 9.10. The Kier molecular flexibility index (Phi) is 6.93. The third kappa shape index (κ3) is 4.94. The molecule has 3 N–H and O–H groups in total. The van der Waals surface area contributed by atoms with Gasteiger partial charge >= 0.3 is 0 Å². The number of benzene rings is 3. The Morgan fingerprint density at radius 3 is 2.32 bits per heavy atom. The van der Waals surface area contributed by atoms with E-state index >= 15 is 0 Å². The number of nitrogens with one attached hydrogen (secondary N) is 3. The SMILES string of the molecule is C/C(=N\NC(=O)C(NC(=O)c1ccccc1)c1n[nH]c(=O)c2ccccc12)c1ccccc1Br. The van der Waals surface area contributed by atoms with E-state index in [2.05, 4.69) is 42.0 Å². The van der Waals surface area contributed by atoms with Crippen LogP contribution in [-0.2, 0) is 4.79 Å². The van der Waals surface area contributed by atoms with Gasteiger partial charge in [-0.1, -0.05) is 70.5 Å². The van der Waals surface area contributed by atoms with Crippen molar-refractivity contribution in [1.29, 1.82) is 0 Å². The lowest BCUT2D eigenvalue weighted by atomic mass is 10.0. The number of carbonyl (C=O) groups is 2. The van der Waals surface area contributed by atoms with Crippen LogP contribution in [0.2, 0.25) is 0 Å². The molecule has 8 nitrogen and oxygen atoms in total. The van der Waals surface area contributed by atoms with Crippen molar-refractivity contribution in [3.63, 3.8) is 0 Å². The van der Waals surface area contributed by atoms with E-state index in [1.165, 1.54) is 0 Å². The van der Waals surface area contributed by atoms with Crippen LogP contribution in [0.25, 0.3) is 10.8 Å². The molecule has 1 aromatic heterocycles. The summed E-state index contributed by atoms with van der Waals surface area (Å²) in [5.41, 5.74) is 4.08.